The largest absolute Gasteiger partial charge is 0.321 e. The average Bonchev–Trinajstić information content (AvgIpc) is 3.06. The zero-order valence-corrected chi connectivity index (χ0v) is 17.8. The van der Waals surface area contributed by atoms with Crippen molar-refractivity contribution >= 4 is 38.6 Å². The molecule has 0 aliphatic heterocycles. The number of nitrogens with one attached hydrogen (secondary N) is 2. The predicted octanol–water partition coefficient (Wildman–Crippen LogP) is 4.74. The number of nitrogens with zero attached hydrogens (tertiary/aromatic N) is 1. The molecule has 0 atom stereocenters. The van der Waals surface area contributed by atoms with Gasteiger partial charge in [0, 0.05) is 11.4 Å². The van der Waals surface area contributed by atoms with Crippen LogP contribution in [0.1, 0.15) is 33.7 Å². The summed E-state index contributed by atoms with van der Waals surface area (Å²) in [5.41, 5.74) is 1.34. The van der Waals surface area contributed by atoms with Crippen LogP contribution in [0.2, 0.25) is 0 Å². The van der Waals surface area contributed by atoms with E-state index >= 15 is 0 Å². The fraction of sp³-hybridized carbons (Fsp3) is 0.200. The molecule has 158 valence electrons. The minimum atomic E-state index is -4.09. The molecule has 2 N–H and O–H groups in total. The van der Waals surface area contributed by atoms with Gasteiger partial charge < -0.3 is 5.32 Å². The lowest BCUT2D eigenvalue weighted by Gasteiger charge is -2.10. The zero-order chi connectivity index (χ0) is 21.9. The van der Waals surface area contributed by atoms with Crippen LogP contribution in [0.4, 0.5) is 20.2 Å². The second kappa shape index (κ2) is 8.88. The second-order valence-corrected chi connectivity index (χ2v) is 9.25. The number of aryl methyl sites for hydroxylation is 2. The summed E-state index contributed by atoms with van der Waals surface area (Å²) >= 11 is 1.35. The number of aromatic nitrogens is 1. The summed E-state index contributed by atoms with van der Waals surface area (Å²) in [4.78, 5) is 17.0. The molecule has 0 saturated carbocycles. The number of rotatable bonds is 7. The van der Waals surface area contributed by atoms with Crippen molar-refractivity contribution in [3.63, 3.8) is 0 Å². The molecule has 1 heterocycles. The topological polar surface area (TPSA) is 88.2 Å². The highest BCUT2D eigenvalue weighted by Gasteiger charge is 2.18. The number of halogens is 2. The molecular formula is C20H19F2N3O3S2. The van der Waals surface area contributed by atoms with Gasteiger partial charge in [-0.2, -0.15) is 0 Å². The summed E-state index contributed by atoms with van der Waals surface area (Å²) in [6.07, 6.45) is 1.75. The van der Waals surface area contributed by atoms with Gasteiger partial charge in [-0.15, -0.1) is 11.3 Å². The van der Waals surface area contributed by atoms with E-state index in [1.54, 1.807) is 6.92 Å². The van der Waals surface area contributed by atoms with E-state index in [1.165, 1.54) is 35.6 Å². The van der Waals surface area contributed by atoms with E-state index in [1.807, 2.05) is 6.92 Å². The van der Waals surface area contributed by atoms with E-state index in [0.29, 0.717) is 22.3 Å². The van der Waals surface area contributed by atoms with E-state index in [-0.39, 0.29) is 11.6 Å². The van der Waals surface area contributed by atoms with Crippen LogP contribution in [0.15, 0.2) is 47.4 Å². The quantitative estimate of drug-likeness (QED) is 0.543. The molecule has 6 nitrogen and oxygen atoms in total. The summed E-state index contributed by atoms with van der Waals surface area (Å²) in [7, 11) is -4.09. The molecular weight excluding hydrogens is 432 g/mol. The minimum absolute atomic E-state index is 0.205. The Bertz CT molecular complexity index is 1180. The van der Waals surface area contributed by atoms with Gasteiger partial charge in [-0.3, -0.25) is 9.52 Å². The number of amides is 1. The molecule has 0 radical (unpaired) electrons. The number of hydrogen-bond donors (Lipinski definition) is 2. The van der Waals surface area contributed by atoms with Crippen LogP contribution in [0.25, 0.3) is 0 Å². The number of anilines is 2. The van der Waals surface area contributed by atoms with Crippen LogP contribution in [-0.2, 0) is 16.4 Å². The van der Waals surface area contributed by atoms with Crippen molar-refractivity contribution in [2.75, 3.05) is 10.0 Å². The first-order valence-corrected chi connectivity index (χ1v) is 11.3. The third kappa shape index (κ3) is 5.00. The smallest absolute Gasteiger partial charge is 0.267 e. The third-order valence-corrected chi connectivity index (χ3v) is 6.70. The number of hydrogen-bond acceptors (Lipinski definition) is 5. The van der Waals surface area contributed by atoms with Crippen molar-refractivity contribution in [2.24, 2.45) is 0 Å². The highest BCUT2D eigenvalue weighted by atomic mass is 32.2. The first kappa shape index (κ1) is 21.8. The van der Waals surface area contributed by atoms with E-state index < -0.39 is 26.6 Å². The van der Waals surface area contributed by atoms with Crippen LogP contribution in [0.5, 0.6) is 0 Å². The number of sulfonamides is 1. The Morgan fingerprint density at radius 2 is 1.73 bits per heavy atom. The SMILES string of the molecule is CCCc1nc(C)c(C(=O)Nc2ccc(NS(=O)(=O)c3ccc(F)c(F)c3)cc2)s1. The van der Waals surface area contributed by atoms with E-state index in [2.05, 4.69) is 15.0 Å². The van der Waals surface area contributed by atoms with Gasteiger partial charge in [0.25, 0.3) is 15.9 Å². The lowest BCUT2D eigenvalue weighted by molar-refractivity contribution is 0.103. The van der Waals surface area contributed by atoms with Gasteiger partial charge in [0.15, 0.2) is 11.6 Å². The Kier molecular flexibility index (Phi) is 6.47. The lowest BCUT2D eigenvalue weighted by Crippen LogP contribution is -2.14. The Morgan fingerprint density at radius 1 is 1.07 bits per heavy atom. The monoisotopic (exact) mass is 451 g/mol. The van der Waals surface area contributed by atoms with Crippen molar-refractivity contribution in [3.8, 4) is 0 Å². The molecule has 0 saturated heterocycles. The number of thiazole rings is 1. The van der Waals surface area contributed by atoms with Crippen LogP contribution >= 0.6 is 11.3 Å². The van der Waals surface area contributed by atoms with Crippen LogP contribution in [-0.4, -0.2) is 19.3 Å². The molecule has 10 heteroatoms. The molecule has 1 aromatic heterocycles. The van der Waals surface area contributed by atoms with Gasteiger partial charge in [0.2, 0.25) is 0 Å². The van der Waals surface area contributed by atoms with Crippen LogP contribution in [0, 0.1) is 18.6 Å². The van der Waals surface area contributed by atoms with Crippen molar-refractivity contribution in [3.05, 3.63) is 69.7 Å². The molecule has 0 bridgehead atoms. The normalized spacial score (nSPS) is 11.3. The molecule has 2 aromatic carbocycles. The van der Waals surface area contributed by atoms with Crippen LogP contribution < -0.4 is 10.0 Å². The second-order valence-electron chi connectivity index (χ2n) is 6.49. The lowest BCUT2D eigenvalue weighted by atomic mass is 10.3. The fourth-order valence-electron chi connectivity index (χ4n) is 2.65. The number of carbonyl (C=O) groups is 1. The van der Waals surface area contributed by atoms with Gasteiger partial charge in [0.1, 0.15) is 4.88 Å². The molecule has 0 fully saturated rings. The maximum Gasteiger partial charge on any atom is 0.267 e. The molecule has 3 aromatic rings. The van der Waals surface area contributed by atoms with Crippen molar-refractivity contribution in [1.29, 1.82) is 0 Å². The summed E-state index contributed by atoms with van der Waals surface area (Å²) in [5.74, 6) is -2.68. The van der Waals surface area contributed by atoms with Gasteiger partial charge >= 0.3 is 0 Å². The summed E-state index contributed by atoms with van der Waals surface area (Å²) in [6, 6.07) is 8.30. The summed E-state index contributed by atoms with van der Waals surface area (Å²) in [6.45, 7) is 3.82. The number of benzene rings is 2. The highest BCUT2D eigenvalue weighted by Crippen LogP contribution is 2.23. The van der Waals surface area contributed by atoms with Gasteiger partial charge in [-0.25, -0.2) is 22.2 Å². The molecule has 3 rings (SSSR count). The van der Waals surface area contributed by atoms with Crippen molar-refractivity contribution < 1.29 is 22.0 Å². The van der Waals surface area contributed by atoms with Crippen molar-refractivity contribution in [2.45, 2.75) is 31.6 Å². The maximum absolute atomic E-state index is 13.3. The Morgan fingerprint density at radius 3 is 2.37 bits per heavy atom. The standard InChI is InChI=1S/C20H19F2N3O3S2/c1-3-4-18-23-12(2)19(29-18)20(26)24-13-5-7-14(8-6-13)25-30(27,28)15-9-10-16(21)17(22)11-15/h5-11,25H,3-4H2,1-2H3,(H,24,26). The number of carbonyl (C=O) groups excluding carboxylic acids is 1. The van der Waals surface area contributed by atoms with Gasteiger partial charge in [-0.05, 0) is 62.2 Å². The van der Waals surface area contributed by atoms with Gasteiger partial charge in [0.05, 0.1) is 15.6 Å². The molecule has 0 aliphatic carbocycles. The maximum atomic E-state index is 13.3. The molecule has 0 aliphatic rings. The summed E-state index contributed by atoms with van der Waals surface area (Å²) < 4.78 is 53.3. The molecule has 30 heavy (non-hydrogen) atoms. The third-order valence-electron chi connectivity index (χ3n) is 4.11. The van der Waals surface area contributed by atoms with E-state index in [0.717, 1.165) is 30.0 Å². The Balaban J connectivity index is 1.70. The molecule has 0 spiro atoms. The zero-order valence-electron chi connectivity index (χ0n) is 16.2. The first-order valence-electron chi connectivity index (χ1n) is 9.05. The van der Waals surface area contributed by atoms with E-state index in [9.17, 15) is 22.0 Å². The summed E-state index contributed by atoms with van der Waals surface area (Å²) in [5, 5.41) is 3.66. The Hall–Kier alpha value is -2.85. The van der Waals surface area contributed by atoms with Crippen molar-refractivity contribution in [1.82, 2.24) is 4.98 Å². The molecule has 1 amide bonds. The van der Waals surface area contributed by atoms with Crippen LogP contribution in [0.3, 0.4) is 0 Å². The first-order chi connectivity index (χ1) is 14.2. The van der Waals surface area contributed by atoms with E-state index in [4.69, 9.17) is 0 Å². The highest BCUT2D eigenvalue weighted by molar-refractivity contribution is 7.92. The minimum Gasteiger partial charge on any atom is -0.321 e. The average molecular weight is 452 g/mol. The fourth-order valence-corrected chi connectivity index (χ4v) is 4.78. The van der Waals surface area contributed by atoms with Gasteiger partial charge in [-0.1, -0.05) is 6.92 Å². The predicted molar refractivity (Wildman–Crippen MR) is 112 cm³/mol. The Labute approximate surface area is 177 Å². The molecule has 0 unspecified atom stereocenters.